The number of allylic oxidation sites excluding steroid dienone is 2. The maximum absolute atomic E-state index is 12.0. The summed E-state index contributed by atoms with van der Waals surface area (Å²) in [6.45, 7) is 8.85. The van der Waals surface area contributed by atoms with Gasteiger partial charge in [0.2, 0.25) is 15.0 Å². The number of likely N-dealkylation sites (tertiary alicyclic amines) is 1. The average molecular weight is 456 g/mol. The molecule has 0 radical (unpaired) electrons. The highest BCUT2D eigenvalue weighted by Gasteiger charge is 2.35. The van der Waals surface area contributed by atoms with Crippen molar-refractivity contribution in [1.29, 1.82) is 0 Å². The summed E-state index contributed by atoms with van der Waals surface area (Å²) in [6.07, 6.45) is 12.9. The van der Waals surface area contributed by atoms with Crippen LogP contribution in [0.5, 0.6) is 0 Å². The molecule has 1 aromatic heterocycles. The van der Waals surface area contributed by atoms with Crippen molar-refractivity contribution in [2.75, 3.05) is 19.3 Å². The second kappa shape index (κ2) is 9.25. The van der Waals surface area contributed by atoms with Crippen LogP contribution in [0, 0.1) is 23.7 Å². The van der Waals surface area contributed by atoms with Crippen LogP contribution in [0.4, 0.5) is 0 Å². The lowest BCUT2D eigenvalue weighted by molar-refractivity contribution is 0.340. The molecule has 0 saturated carbocycles. The zero-order valence-electron chi connectivity index (χ0n) is 19.4. The van der Waals surface area contributed by atoms with E-state index >= 15 is 0 Å². The van der Waals surface area contributed by atoms with Crippen LogP contribution in [-0.2, 0) is 9.84 Å². The lowest BCUT2D eigenvalue weighted by Gasteiger charge is -2.34. The van der Waals surface area contributed by atoms with E-state index in [4.69, 9.17) is 9.98 Å². The Labute approximate surface area is 191 Å². The molecule has 0 amide bonds. The van der Waals surface area contributed by atoms with Crippen LogP contribution in [-0.4, -0.2) is 54.2 Å². The van der Waals surface area contributed by atoms with Crippen molar-refractivity contribution in [2.45, 2.75) is 51.6 Å². The van der Waals surface area contributed by atoms with Crippen molar-refractivity contribution < 1.29 is 8.42 Å². The molecule has 1 saturated heterocycles. The van der Waals surface area contributed by atoms with Gasteiger partial charge in [-0.2, -0.15) is 0 Å². The van der Waals surface area contributed by atoms with Gasteiger partial charge in [-0.05, 0) is 49.5 Å². The van der Waals surface area contributed by atoms with E-state index < -0.39 is 9.84 Å². The number of amidine groups is 1. The Kier molecular flexibility index (Phi) is 6.60. The van der Waals surface area contributed by atoms with Crippen molar-refractivity contribution in [1.82, 2.24) is 14.9 Å². The second-order valence-corrected chi connectivity index (χ2v) is 11.4. The maximum atomic E-state index is 12.0. The maximum Gasteiger partial charge on any atom is 0.247 e. The molecule has 3 aliphatic heterocycles. The number of aliphatic imine (C=N–C) groups is 2. The minimum Gasteiger partial charge on any atom is -0.355 e. The molecule has 1 aromatic rings. The third-order valence-electron chi connectivity index (χ3n) is 6.97. The molecule has 32 heavy (non-hydrogen) atoms. The Hall–Kier alpha value is -2.35. The second-order valence-electron chi connectivity index (χ2n) is 9.49. The quantitative estimate of drug-likeness (QED) is 0.643. The predicted molar refractivity (Wildman–Crippen MR) is 128 cm³/mol. The molecular formula is C24H33N5O2S. The summed E-state index contributed by atoms with van der Waals surface area (Å²) in [5.41, 5.74) is 2.60. The van der Waals surface area contributed by atoms with E-state index in [-0.39, 0.29) is 17.0 Å². The lowest BCUT2D eigenvalue weighted by Crippen LogP contribution is -2.43. The Bertz CT molecular complexity index is 1090. The van der Waals surface area contributed by atoms with Gasteiger partial charge in [-0.15, -0.1) is 0 Å². The molecule has 4 heterocycles. The van der Waals surface area contributed by atoms with Crippen LogP contribution in [0.2, 0.25) is 0 Å². The molecule has 7 nitrogen and oxygen atoms in total. The fourth-order valence-corrected chi connectivity index (χ4v) is 5.50. The van der Waals surface area contributed by atoms with Gasteiger partial charge in [0, 0.05) is 49.4 Å². The first-order valence-corrected chi connectivity index (χ1v) is 13.4. The van der Waals surface area contributed by atoms with Crippen LogP contribution >= 0.6 is 0 Å². The van der Waals surface area contributed by atoms with E-state index in [0.29, 0.717) is 11.6 Å². The number of hydrogen-bond acceptors (Lipinski definition) is 7. The molecule has 8 heteroatoms. The summed E-state index contributed by atoms with van der Waals surface area (Å²) < 4.78 is 23.9. The summed E-state index contributed by atoms with van der Waals surface area (Å²) in [7, 11) is -3.47. The highest BCUT2D eigenvalue weighted by Crippen LogP contribution is 2.37. The molecule has 4 rings (SSSR count). The van der Waals surface area contributed by atoms with Gasteiger partial charge in [0.15, 0.2) is 5.84 Å². The van der Waals surface area contributed by atoms with Crippen molar-refractivity contribution in [3.8, 4) is 0 Å². The molecule has 2 bridgehead atoms. The first kappa shape index (κ1) is 22.8. The number of aromatic nitrogens is 2. The Balaban J connectivity index is 1.68. The zero-order chi connectivity index (χ0) is 22.9. The predicted octanol–water partition coefficient (Wildman–Crippen LogP) is 4.00. The van der Waals surface area contributed by atoms with Gasteiger partial charge < -0.3 is 4.90 Å². The van der Waals surface area contributed by atoms with E-state index in [1.807, 2.05) is 12.4 Å². The molecular weight excluding hydrogens is 422 g/mol. The van der Waals surface area contributed by atoms with Gasteiger partial charge in [0.25, 0.3) is 0 Å². The topological polar surface area (TPSA) is 87.9 Å². The normalized spacial score (nSPS) is 26.6. The number of rotatable bonds is 3. The fraction of sp³-hybridized carbons (Fsp3) is 0.583. The molecule has 3 atom stereocenters. The van der Waals surface area contributed by atoms with Gasteiger partial charge >= 0.3 is 0 Å². The molecule has 0 aliphatic carbocycles. The molecule has 3 unspecified atom stereocenters. The van der Waals surface area contributed by atoms with E-state index in [9.17, 15) is 8.42 Å². The van der Waals surface area contributed by atoms with Crippen LogP contribution < -0.4 is 0 Å². The monoisotopic (exact) mass is 455 g/mol. The number of hydrogen-bond donors (Lipinski definition) is 0. The summed E-state index contributed by atoms with van der Waals surface area (Å²) in [6, 6.07) is 1.77. The molecule has 3 aliphatic rings. The SMILES string of the molecule is CC(C)C1CCCN(C2=NC=CCC3C(c4ccnc(S(C)(=O)=O)n4)=CN=C2C3C)CC1. The summed E-state index contributed by atoms with van der Waals surface area (Å²) >= 11 is 0. The van der Waals surface area contributed by atoms with Gasteiger partial charge in [0.05, 0.1) is 11.4 Å². The van der Waals surface area contributed by atoms with Crippen LogP contribution in [0.15, 0.2) is 45.9 Å². The first-order valence-electron chi connectivity index (χ1n) is 11.5. The third-order valence-corrected chi connectivity index (χ3v) is 7.83. The van der Waals surface area contributed by atoms with E-state index in [0.717, 1.165) is 48.8 Å². The van der Waals surface area contributed by atoms with Gasteiger partial charge in [0.1, 0.15) is 0 Å². The Morgan fingerprint density at radius 2 is 1.97 bits per heavy atom. The standard InChI is InChI=1S/C24H33N5O2S/c1-16(2)18-7-6-13-29(14-10-18)23-22-17(3)19(8-5-11-25-23)20(15-27-22)21-9-12-26-24(28-21)32(4,30)31/h5,9,11-12,15-19H,6-8,10,13-14H2,1-4H3. The number of nitrogens with zero attached hydrogens (tertiary/aromatic N) is 5. The number of sulfone groups is 1. The summed E-state index contributed by atoms with van der Waals surface area (Å²) in [5, 5.41) is -0.147. The minimum absolute atomic E-state index is 0.147. The van der Waals surface area contributed by atoms with Crippen LogP contribution in [0.25, 0.3) is 5.57 Å². The van der Waals surface area contributed by atoms with Crippen molar-refractivity contribution in [3.05, 3.63) is 36.4 Å². The van der Waals surface area contributed by atoms with Gasteiger partial charge in [-0.3, -0.25) is 4.99 Å². The van der Waals surface area contributed by atoms with Crippen molar-refractivity contribution in [3.63, 3.8) is 0 Å². The molecule has 172 valence electrons. The summed E-state index contributed by atoms with van der Waals surface area (Å²) in [5.74, 6) is 2.76. The van der Waals surface area contributed by atoms with Gasteiger partial charge in [-0.25, -0.2) is 23.4 Å². The zero-order valence-corrected chi connectivity index (χ0v) is 20.2. The largest absolute Gasteiger partial charge is 0.355 e. The summed E-state index contributed by atoms with van der Waals surface area (Å²) in [4.78, 5) is 20.4. The molecule has 0 spiro atoms. The first-order chi connectivity index (χ1) is 15.3. The number of fused-ring (bicyclic) bond motifs is 2. The molecule has 0 N–H and O–H groups in total. The highest BCUT2D eigenvalue weighted by atomic mass is 32.2. The van der Waals surface area contributed by atoms with Crippen molar-refractivity contribution in [2.24, 2.45) is 33.7 Å². The molecule has 1 fully saturated rings. The van der Waals surface area contributed by atoms with Crippen molar-refractivity contribution >= 4 is 27.0 Å². The van der Waals surface area contributed by atoms with E-state index in [2.05, 4.69) is 41.7 Å². The van der Waals surface area contributed by atoms with Gasteiger partial charge in [-0.1, -0.05) is 26.8 Å². The average Bonchev–Trinajstić information content (AvgIpc) is 3.01. The lowest BCUT2D eigenvalue weighted by atomic mass is 9.78. The highest BCUT2D eigenvalue weighted by molar-refractivity contribution is 7.90. The molecule has 0 aromatic carbocycles. The Morgan fingerprint density at radius 1 is 1.16 bits per heavy atom. The van der Waals surface area contributed by atoms with Crippen LogP contribution in [0.3, 0.4) is 0 Å². The minimum atomic E-state index is -3.47. The smallest absolute Gasteiger partial charge is 0.247 e. The van der Waals surface area contributed by atoms with E-state index in [1.165, 1.54) is 25.5 Å². The van der Waals surface area contributed by atoms with E-state index in [1.54, 1.807) is 6.07 Å². The van der Waals surface area contributed by atoms with Crippen LogP contribution in [0.1, 0.15) is 52.1 Å². The third kappa shape index (κ3) is 4.70. The Morgan fingerprint density at radius 3 is 2.72 bits per heavy atom. The fourth-order valence-electron chi connectivity index (χ4n) is 4.98.